The van der Waals surface area contributed by atoms with Crippen LogP contribution in [0.15, 0.2) is 79.1 Å². The van der Waals surface area contributed by atoms with Gasteiger partial charge >= 0.3 is 6.03 Å². The molecule has 0 aliphatic heterocycles. The lowest BCUT2D eigenvalue weighted by atomic mass is 9.99. The fraction of sp³-hybridized carbons (Fsp3) is 0.107. The first kappa shape index (κ1) is 24.5. The molecule has 2 aromatic heterocycles. The number of urea groups is 1. The smallest absolute Gasteiger partial charge is 0.323 e. The van der Waals surface area contributed by atoms with E-state index < -0.39 is 0 Å². The number of nitrogen functional groups attached to an aromatic ring is 1. The van der Waals surface area contributed by atoms with Gasteiger partial charge in [-0.1, -0.05) is 41.9 Å². The fourth-order valence-corrected chi connectivity index (χ4v) is 5.50. The monoisotopic (exact) mass is 528 g/mol. The van der Waals surface area contributed by atoms with Crippen LogP contribution in [0.1, 0.15) is 10.4 Å². The van der Waals surface area contributed by atoms with E-state index in [1.54, 1.807) is 35.6 Å². The maximum Gasteiger partial charge on any atom is 0.323 e. The molecular weight excluding hydrogens is 504 g/mol. The molecule has 0 spiro atoms. The molecule has 5 rings (SSSR count). The maximum atomic E-state index is 12.4. The van der Waals surface area contributed by atoms with Crippen molar-refractivity contribution in [1.82, 2.24) is 9.97 Å². The quantitative estimate of drug-likeness (QED) is 0.223. The minimum atomic E-state index is -0.351. The zero-order chi connectivity index (χ0) is 25.9. The number of hydrogen-bond acceptors (Lipinski definition) is 6. The van der Waals surface area contributed by atoms with Gasteiger partial charge in [0.25, 0.3) is 0 Å². The third-order valence-electron chi connectivity index (χ3n) is 5.92. The van der Waals surface area contributed by atoms with Crippen LogP contribution in [-0.2, 0) is 6.42 Å². The first-order valence-electron chi connectivity index (χ1n) is 11.6. The van der Waals surface area contributed by atoms with Crippen molar-refractivity contribution in [2.45, 2.75) is 6.42 Å². The molecule has 3 aromatic carbocycles. The lowest BCUT2D eigenvalue weighted by molar-refractivity contribution is 0.262. The van der Waals surface area contributed by atoms with Crippen LogP contribution in [0.4, 0.5) is 27.7 Å². The minimum absolute atomic E-state index is 0.351. The number of carbonyl (C=O) groups is 1. The Kier molecular flexibility index (Phi) is 6.94. The number of nitrogens with one attached hydrogen (secondary N) is 2. The van der Waals surface area contributed by atoms with Crippen molar-refractivity contribution >= 4 is 62.1 Å². The van der Waals surface area contributed by atoms with Gasteiger partial charge < -0.3 is 21.3 Å². The molecule has 2 amide bonds. The van der Waals surface area contributed by atoms with E-state index in [-0.39, 0.29) is 6.03 Å². The number of aromatic nitrogens is 2. The van der Waals surface area contributed by atoms with Gasteiger partial charge in [0.05, 0.1) is 5.39 Å². The zero-order valence-electron chi connectivity index (χ0n) is 20.3. The summed E-state index contributed by atoms with van der Waals surface area (Å²) in [6, 6.07) is 22.8. The molecule has 0 atom stereocenters. The summed E-state index contributed by atoms with van der Waals surface area (Å²) in [5.74, 6) is 0.452. The molecule has 2 heterocycles. The first-order chi connectivity index (χ1) is 17.9. The normalized spacial score (nSPS) is 10.9. The van der Waals surface area contributed by atoms with Crippen LogP contribution in [0.3, 0.4) is 0 Å². The Balaban J connectivity index is 1.42. The van der Waals surface area contributed by atoms with Crippen molar-refractivity contribution in [3.05, 3.63) is 94.6 Å². The van der Waals surface area contributed by atoms with Gasteiger partial charge in [-0.25, -0.2) is 14.8 Å². The molecule has 0 unspecified atom stereocenters. The Morgan fingerprint density at radius 1 is 0.973 bits per heavy atom. The van der Waals surface area contributed by atoms with E-state index in [0.29, 0.717) is 22.2 Å². The maximum absolute atomic E-state index is 12.4. The number of rotatable bonds is 6. The van der Waals surface area contributed by atoms with Crippen molar-refractivity contribution in [3.8, 4) is 11.1 Å². The number of fused-ring (bicyclic) bond motifs is 1. The first-order valence-corrected chi connectivity index (χ1v) is 12.8. The van der Waals surface area contributed by atoms with Crippen LogP contribution in [0.2, 0.25) is 5.02 Å². The highest BCUT2D eigenvalue weighted by atomic mass is 35.5. The number of anilines is 4. The Labute approximate surface area is 223 Å². The molecule has 186 valence electrons. The molecule has 0 saturated heterocycles. The van der Waals surface area contributed by atoms with Crippen molar-refractivity contribution in [2.24, 2.45) is 0 Å². The summed E-state index contributed by atoms with van der Waals surface area (Å²) in [5, 5.41) is 7.05. The highest BCUT2D eigenvalue weighted by Crippen LogP contribution is 2.41. The lowest BCUT2D eigenvalue weighted by Crippen LogP contribution is -2.19. The van der Waals surface area contributed by atoms with E-state index in [4.69, 9.17) is 17.3 Å². The molecule has 0 radical (unpaired) electrons. The molecule has 37 heavy (non-hydrogen) atoms. The van der Waals surface area contributed by atoms with Crippen LogP contribution in [0.25, 0.3) is 21.3 Å². The minimum Gasteiger partial charge on any atom is -0.383 e. The molecule has 9 heteroatoms. The number of nitrogens with zero attached hydrogens (tertiary/aromatic N) is 3. The van der Waals surface area contributed by atoms with Crippen LogP contribution in [-0.4, -0.2) is 30.1 Å². The van der Waals surface area contributed by atoms with Crippen molar-refractivity contribution in [1.29, 1.82) is 0 Å². The standard InChI is InChI=1S/C28H25ClN6OS/c1-35(2)22-12-6-17(7-13-22)14-23-24(25-26(30)31-16-32-27(25)37-23)18-8-10-20(11-9-18)33-28(36)34-21-5-3-4-19(29)15-21/h3-13,15-16H,14H2,1-2H3,(H2,30,31,32)(H2,33,34,36). The number of amides is 2. The highest BCUT2D eigenvalue weighted by molar-refractivity contribution is 7.19. The zero-order valence-corrected chi connectivity index (χ0v) is 21.9. The number of halogens is 1. The second-order valence-electron chi connectivity index (χ2n) is 8.74. The molecule has 0 aliphatic rings. The van der Waals surface area contributed by atoms with Crippen molar-refractivity contribution in [3.63, 3.8) is 0 Å². The molecule has 7 nitrogen and oxygen atoms in total. The number of benzene rings is 3. The third kappa shape index (κ3) is 5.50. The second kappa shape index (κ2) is 10.5. The Hall–Kier alpha value is -4.14. The number of thiophene rings is 1. The van der Waals surface area contributed by atoms with Gasteiger partial charge in [-0.15, -0.1) is 11.3 Å². The number of nitrogens with two attached hydrogens (primary N) is 1. The average molecular weight is 529 g/mol. The second-order valence-corrected chi connectivity index (χ2v) is 10.3. The summed E-state index contributed by atoms with van der Waals surface area (Å²) in [5.41, 5.74) is 11.9. The summed E-state index contributed by atoms with van der Waals surface area (Å²) in [6.45, 7) is 0. The Morgan fingerprint density at radius 2 is 1.70 bits per heavy atom. The SMILES string of the molecule is CN(C)c1ccc(Cc2sc3ncnc(N)c3c2-c2ccc(NC(=O)Nc3cccc(Cl)c3)cc2)cc1. The van der Waals surface area contributed by atoms with Crippen LogP contribution < -0.4 is 21.3 Å². The highest BCUT2D eigenvalue weighted by Gasteiger charge is 2.18. The van der Waals surface area contributed by atoms with E-state index in [1.807, 2.05) is 38.4 Å². The van der Waals surface area contributed by atoms with Crippen LogP contribution in [0, 0.1) is 0 Å². The number of hydrogen-bond donors (Lipinski definition) is 3. The molecule has 0 aliphatic carbocycles. The van der Waals surface area contributed by atoms with Gasteiger partial charge in [0.1, 0.15) is 17.0 Å². The van der Waals surface area contributed by atoms with Gasteiger partial charge in [-0.3, -0.25) is 0 Å². The topological polar surface area (TPSA) is 96.2 Å². The fourth-order valence-electron chi connectivity index (χ4n) is 4.11. The molecule has 5 aromatic rings. The van der Waals surface area contributed by atoms with Crippen LogP contribution >= 0.6 is 22.9 Å². The molecular formula is C28H25ClN6OS. The average Bonchev–Trinajstić information content (AvgIpc) is 3.24. The lowest BCUT2D eigenvalue weighted by Gasteiger charge is -2.13. The van der Waals surface area contributed by atoms with Gasteiger partial charge in [0.2, 0.25) is 0 Å². The van der Waals surface area contributed by atoms with E-state index in [0.717, 1.165) is 38.3 Å². The van der Waals surface area contributed by atoms with E-state index >= 15 is 0 Å². The van der Waals surface area contributed by atoms with Gasteiger partial charge in [0, 0.05) is 53.0 Å². The third-order valence-corrected chi connectivity index (χ3v) is 7.25. The predicted molar refractivity (Wildman–Crippen MR) is 155 cm³/mol. The van der Waals surface area contributed by atoms with Gasteiger partial charge in [0.15, 0.2) is 0 Å². The Bertz CT molecular complexity index is 1560. The molecule has 4 N–H and O–H groups in total. The van der Waals surface area contributed by atoms with E-state index in [9.17, 15) is 4.79 Å². The largest absolute Gasteiger partial charge is 0.383 e. The van der Waals surface area contributed by atoms with E-state index in [2.05, 4.69) is 49.8 Å². The summed E-state index contributed by atoms with van der Waals surface area (Å²) >= 11 is 7.62. The Morgan fingerprint density at radius 3 is 2.41 bits per heavy atom. The van der Waals surface area contributed by atoms with E-state index in [1.165, 1.54) is 11.9 Å². The van der Waals surface area contributed by atoms with Crippen molar-refractivity contribution in [2.75, 3.05) is 35.4 Å². The van der Waals surface area contributed by atoms with Gasteiger partial charge in [-0.05, 0) is 53.6 Å². The van der Waals surface area contributed by atoms with Crippen LogP contribution in [0.5, 0.6) is 0 Å². The van der Waals surface area contributed by atoms with Crippen molar-refractivity contribution < 1.29 is 4.79 Å². The van der Waals surface area contributed by atoms with Gasteiger partial charge in [-0.2, -0.15) is 0 Å². The molecule has 0 saturated carbocycles. The summed E-state index contributed by atoms with van der Waals surface area (Å²) < 4.78 is 0. The molecule has 0 fully saturated rings. The number of carbonyl (C=O) groups excluding carboxylic acids is 1. The summed E-state index contributed by atoms with van der Waals surface area (Å²) in [6.07, 6.45) is 2.24. The molecule has 0 bridgehead atoms. The summed E-state index contributed by atoms with van der Waals surface area (Å²) in [7, 11) is 4.06. The summed E-state index contributed by atoms with van der Waals surface area (Å²) in [4.78, 5) is 25.3. The predicted octanol–water partition coefficient (Wildman–Crippen LogP) is 6.89.